The molecule has 1 heterocycles. The molecule has 1 aliphatic rings. The van der Waals surface area contributed by atoms with E-state index in [2.05, 4.69) is 15.2 Å². The molecule has 0 spiro atoms. The molecule has 2 rings (SSSR count). The lowest BCUT2D eigenvalue weighted by Gasteiger charge is -2.20. The molecule has 0 radical (unpaired) electrons. The van der Waals surface area contributed by atoms with E-state index in [4.69, 9.17) is 16.3 Å². The van der Waals surface area contributed by atoms with Gasteiger partial charge >= 0.3 is 0 Å². The number of nitrogens with one attached hydrogen (secondary N) is 1. The number of hydrogen-bond donors (Lipinski definition) is 2. The Morgan fingerprint density at radius 2 is 2.24 bits per heavy atom. The fraction of sp³-hybridized carbons (Fsp3) is 0.533. The molecule has 6 heteroatoms. The van der Waals surface area contributed by atoms with Crippen molar-refractivity contribution in [3.8, 4) is 5.75 Å². The van der Waals surface area contributed by atoms with Crippen molar-refractivity contribution < 1.29 is 9.84 Å². The molecule has 1 saturated heterocycles. The Hall–Kier alpha value is -1.46. The van der Waals surface area contributed by atoms with E-state index in [0.717, 1.165) is 31.2 Å². The molecular weight excluding hydrogens is 290 g/mol. The third kappa shape index (κ3) is 5.10. The van der Waals surface area contributed by atoms with Crippen molar-refractivity contribution in [2.75, 3.05) is 32.8 Å². The molecule has 0 amide bonds. The Morgan fingerprint density at radius 3 is 2.86 bits per heavy atom. The van der Waals surface area contributed by atoms with Crippen LogP contribution < -0.4 is 10.1 Å². The van der Waals surface area contributed by atoms with E-state index in [0.29, 0.717) is 24.7 Å². The van der Waals surface area contributed by atoms with Crippen LogP contribution in [-0.4, -0.2) is 54.9 Å². The maximum atomic E-state index is 9.60. The molecule has 1 atom stereocenters. The van der Waals surface area contributed by atoms with E-state index in [1.165, 1.54) is 0 Å². The minimum Gasteiger partial charge on any atom is -0.492 e. The maximum Gasteiger partial charge on any atom is 0.194 e. The first-order valence-corrected chi connectivity index (χ1v) is 7.66. The van der Waals surface area contributed by atoms with Crippen LogP contribution in [0.5, 0.6) is 5.75 Å². The minimum absolute atomic E-state index is 0.251. The molecular formula is C15H22ClN3O2. The molecule has 0 aromatic heterocycles. The molecule has 21 heavy (non-hydrogen) atoms. The average molecular weight is 312 g/mol. The lowest BCUT2D eigenvalue weighted by molar-refractivity contribution is 0.187. The number of aliphatic hydroxyl groups excluding tert-OH is 1. The van der Waals surface area contributed by atoms with Gasteiger partial charge in [-0.2, -0.15) is 0 Å². The van der Waals surface area contributed by atoms with E-state index in [-0.39, 0.29) is 6.10 Å². The Morgan fingerprint density at radius 1 is 1.48 bits per heavy atom. The SMILES string of the molecule is CCNC(=NCCOc1ccc(Cl)cc1)N1CC[C@@H](O)C1. The van der Waals surface area contributed by atoms with Gasteiger partial charge in [0.05, 0.1) is 12.6 Å². The number of rotatable bonds is 5. The van der Waals surface area contributed by atoms with Crippen molar-refractivity contribution in [1.29, 1.82) is 0 Å². The van der Waals surface area contributed by atoms with E-state index in [9.17, 15) is 5.11 Å². The van der Waals surface area contributed by atoms with Crippen molar-refractivity contribution >= 4 is 17.6 Å². The first-order valence-electron chi connectivity index (χ1n) is 7.28. The lowest BCUT2D eigenvalue weighted by atomic mass is 10.3. The normalized spacial score (nSPS) is 18.9. The van der Waals surface area contributed by atoms with Crippen LogP contribution in [0.4, 0.5) is 0 Å². The predicted octanol–water partition coefficient (Wildman–Crippen LogP) is 1.75. The van der Waals surface area contributed by atoms with Gasteiger partial charge in [-0.05, 0) is 37.6 Å². The Bertz CT molecular complexity index is 464. The zero-order valence-electron chi connectivity index (χ0n) is 12.3. The largest absolute Gasteiger partial charge is 0.492 e. The van der Waals surface area contributed by atoms with Crippen LogP contribution in [0.1, 0.15) is 13.3 Å². The molecule has 0 aliphatic carbocycles. The summed E-state index contributed by atoms with van der Waals surface area (Å²) in [6, 6.07) is 7.29. The molecule has 1 aliphatic heterocycles. The molecule has 1 fully saturated rings. The molecule has 0 saturated carbocycles. The van der Waals surface area contributed by atoms with Gasteiger partial charge < -0.3 is 20.1 Å². The first-order chi connectivity index (χ1) is 10.2. The smallest absolute Gasteiger partial charge is 0.194 e. The van der Waals surface area contributed by atoms with Gasteiger partial charge in [-0.1, -0.05) is 11.6 Å². The lowest BCUT2D eigenvalue weighted by Crippen LogP contribution is -2.40. The van der Waals surface area contributed by atoms with Gasteiger partial charge in [0.1, 0.15) is 12.4 Å². The number of β-amino-alcohol motifs (C(OH)–C–C–N with tert-alkyl or cyclic N) is 1. The molecule has 1 aromatic rings. The number of hydrogen-bond acceptors (Lipinski definition) is 3. The van der Waals surface area contributed by atoms with Crippen molar-refractivity contribution in [2.24, 2.45) is 4.99 Å². The third-order valence-corrected chi connectivity index (χ3v) is 3.49. The maximum absolute atomic E-state index is 9.60. The highest BCUT2D eigenvalue weighted by atomic mass is 35.5. The zero-order chi connectivity index (χ0) is 15.1. The second-order valence-electron chi connectivity index (χ2n) is 4.93. The van der Waals surface area contributed by atoms with Crippen molar-refractivity contribution in [2.45, 2.75) is 19.4 Å². The molecule has 0 bridgehead atoms. The first kappa shape index (κ1) is 15.9. The van der Waals surface area contributed by atoms with E-state index >= 15 is 0 Å². The number of benzene rings is 1. The Labute approximate surface area is 130 Å². The molecule has 116 valence electrons. The molecule has 1 aromatic carbocycles. The van der Waals surface area contributed by atoms with Crippen molar-refractivity contribution in [3.05, 3.63) is 29.3 Å². The summed E-state index contributed by atoms with van der Waals surface area (Å²) in [5, 5.41) is 13.5. The highest BCUT2D eigenvalue weighted by Crippen LogP contribution is 2.15. The summed E-state index contributed by atoms with van der Waals surface area (Å²) in [5.41, 5.74) is 0. The fourth-order valence-electron chi connectivity index (χ4n) is 2.21. The topological polar surface area (TPSA) is 57.1 Å². The zero-order valence-corrected chi connectivity index (χ0v) is 13.0. The van der Waals surface area contributed by atoms with E-state index in [1.807, 2.05) is 19.1 Å². The van der Waals surface area contributed by atoms with Crippen LogP contribution in [0.2, 0.25) is 5.02 Å². The number of halogens is 1. The summed E-state index contributed by atoms with van der Waals surface area (Å²) < 4.78 is 5.61. The van der Waals surface area contributed by atoms with E-state index < -0.39 is 0 Å². The Kier molecular flexibility index (Phi) is 6.14. The third-order valence-electron chi connectivity index (χ3n) is 3.23. The fourth-order valence-corrected chi connectivity index (χ4v) is 2.33. The standard InChI is InChI=1S/C15H22ClN3O2/c1-2-17-15(19-9-7-13(20)11-19)18-8-10-21-14-5-3-12(16)4-6-14/h3-6,13,20H,2,7-11H2,1H3,(H,17,18)/t13-/m1/s1. The summed E-state index contributed by atoms with van der Waals surface area (Å²) in [6.07, 6.45) is 0.547. The highest BCUT2D eigenvalue weighted by Gasteiger charge is 2.22. The van der Waals surface area contributed by atoms with Gasteiger partial charge in [-0.25, -0.2) is 4.99 Å². The van der Waals surface area contributed by atoms with Crippen LogP contribution in [0.3, 0.4) is 0 Å². The van der Waals surface area contributed by atoms with Crippen LogP contribution >= 0.6 is 11.6 Å². The van der Waals surface area contributed by atoms with Gasteiger partial charge in [-0.15, -0.1) is 0 Å². The second-order valence-corrected chi connectivity index (χ2v) is 5.36. The second kappa shape index (κ2) is 8.10. The number of aliphatic imine (C=N–C) groups is 1. The summed E-state index contributed by atoms with van der Waals surface area (Å²) >= 11 is 5.82. The van der Waals surface area contributed by atoms with Crippen LogP contribution in [0.25, 0.3) is 0 Å². The van der Waals surface area contributed by atoms with Gasteiger partial charge in [-0.3, -0.25) is 0 Å². The predicted molar refractivity (Wildman–Crippen MR) is 85.1 cm³/mol. The van der Waals surface area contributed by atoms with Crippen LogP contribution in [0, 0.1) is 0 Å². The van der Waals surface area contributed by atoms with E-state index in [1.54, 1.807) is 12.1 Å². The number of nitrogens with zero attached hydrogens (tertiary/aromatic N) is 2. The Balaban J connectivity index is 1.81. The number of ether oxygens (including phenoxy) is 1. The van der Waals surface area contributed by atoms with Gasteiger partial charge in [0.25, 0.3) is 0 Å². The summed E-state index contributed by atoms with van der Waals surface area (Å²) in [7, 11) is 0. The average Bonchev–Trinajstić information content (AvgIpc) is 2.91. The number of aliphatic hydroxyl groups is 1. The van der Waals surface area contributed by atoms with Gasteiger partial charge in [0, 0.05) is 24.7 Å². The van der Waals surface area contributed by atoms with Crippen molar-refractivity contribution in [1.82, 2.24) is 10.2 Å². The van der Waals surface area contributed by atoms with Crippen molar-refractivity contribution in [3.63, 3.8) is 0 Å². The molecule has 0 unspecified atom stereocenters. The number of likely N-dealkylation sites (tertiary alicyclic amines) is 1. The highest BCUT2D eigenvalue weighted by molar-refractivity contribution is 6.30. The summed E-state index contributed by atoms with van der Waals surface area (Å²) in [4.78, 5) is 6.61. The molecule has 5 nitrogen and oxygen atoms in total. The summed E-state index contributed by atoms with van der Waals surface area (Å²) in [6.45, 7) is 5.40. The van der Waals surface area contributed by atoms with Gasteiger partial charge in [0.2, 0.25) is 0 Å². The minimum atomic E-state index is -0.251. The quantitative estimate of drug-likeness (QED) is 0.494. The number of guanidine groups is 1. The summed E-state index contributed by atoms with van der Waals surface area (Å²) in [5.74, 6) is 1.63. The molecule has 2 N–H and O–H groups in total. The van der Waals surface area contributed by atoms with Crippen LogP contribution in [-0.2, 0) is 0 Å². The monoisotopic (exact) mass is 311 g/mol. The van der Waals surface area contributed by atoms with Crippen LogP contribution in [0.15, 0.2) is 29.3 Å². The van der Waals surface area contributed by atoms with Gasteiger partial charge in [0.15, 0.2) is 5.96 Å².